The Hall–Kier alpha value is -5.00. The van der Waals surface area contributed by atoms with Crippen LogP contribution in [0.5, 0.6) is 11.5 Å². The third-order valence-electron chi connectivity index (χ3n) is 5.56. The number of rotatable bonds is 9. The highest BCUT2D eigenvalue weighted by Crippen LogP contribution is 2.43. The standard InChI is InChI=1S/C24H20N4O8/c1-34-20-11-9-16-21(36-24(29)22(16)23(20)35-2)13-18(14-6-4-3-5-7-14)26-25-17-10-8-15(27(30)31)12-19(17)28(32)33/h3-12,21,25H,13H2,1-2H3/b26-18-/t21-/m0/s1. The van der Waals surface area contributed by atoms with E-state index < -0.39 is 33.3 Å². The predicted molar refractivity (Wildman–Crippen MR) is 129 cm³/mol. The lowest BCUT2D eigenvalue weighted by Crippen LogP contribution is -2.11. The maximum atomic E-state index is 12.7. The fourth-order valence-electron chi connectivity index (χ4n) is 3.87. The van der Waals surface area contributed by atoms with Crippen LogP contribution in [0.4, 0.5) is 17.1 Å². The van der Waals surface area contributed by atoms with Crippen LogP contribution in [0.3, 0.4) is 0 Å². The maximum Gasteiger partial charge on any atom is 0.343 e. The maximum absolute atomic E-state index is 12.7. The molecule has 0 saturated heterocycles. The number of hydrogen-bond donors (Lipinski definition) is 1. The number of nitro benzene ring substituents is 2. The summed E-state index contributed by atoms with van der Waals surface area (Å²) in [5.41, 5.74) is 3.65. The van der Waals surface area contributed by atoms with E-state index in [1.165, 1.54) is 20.3 Å². The quantitative estimate of drug-likeness (QED) is 0.195. The summed E-state index contributed by atoms with van der Waals surface area (Å²) in [5, 5.41) is 26.9. The van der Waals surface area contributed by atoms with E-state index >= 15 is 0 Å². The molecule has 12 heteroatoms. The Kier molecular flexibility index (Phi) is 6.77. The van der Waals surface area contributed by atoms with E-state index in [1.54, 1.807) is 36.4 Å². The summed E-state index contributed by atoms with van der Waals surface area (Å²) in [4.78, 5) is 33.7. The Morgan fingerprint density at radius 3 is 2.42 bits per heavy atom. The van der Waals surface area contributed by atoms with Crippen LogP contribution in [0.2, 0.25) is 0 Å². The Labute approximate surface area is 204 Å². The van der Waals surface area contributed by atoms with E-state index in [4.69, 9.17) is 14.2 Å². The van der Waals surface area contributed by atoms with Gasteiger partial charge in [-0.25, -0.2) is 4.79 Å². The third-order valence-corrected chi connectivity index (χ3v) is 5.56. The summed E-state index contributed by atoms with van der Waals surface area (Å²) in [7, 11) is 2.89. The van der Waals surface area contributed by atoms with Gasteiger partial charge >= 0.3 is 11.7 Å². The van der Waals surface area contributed by atoms with E-state index in [2.05, 4.69) is 10.5 Å². The van der Waals surface area contributed by atoms with Crippen molar-refractivity contribution in [1.82, 2.24) is 0 Å². The van der Waals surface area contributed by atoms with E-state index in [1.807, 2.05) is 6.07 Å². The number of non-ortho nitro benzene ring substituents is 1. The van der Waals surface area contributed by atoms with Crippen LogP contribution < -0.4 is 14.9 Å². The zero-order valence-electron chi connectivity index (χ0n) is 19.2. The summed E-state index contributed by atoms with van der Waals surface area (Å²) in [6.45, 7) is 0. The second-order valence-electron chi connectivity index (χ2n) is 7.62. The number of nitrogens with zero attached hydrogens (tertiary/aromatic N) is 3. The molecule has 3 aromatic rings. The number of esters is 1. The van der Waals surface area contributed by atoms with Crippen LogP contribution in [-0.4, -0.2) is 35.7 Å². The zero-order valence-corrected chi connectivity index (χ0v) is 19.2. The summed E-state index contributed by atoms with van der Waals surface area (Å²) < 4.78 is 16.3. The van der Waals surface area contributed by atoms with E-state index in [9.17, 15) is 25.0 Å². The first-order chi connectivity index (χ1) is 17.3. The fourth-order valence-corrected chi connectivity index (χ4v) is 3.87. The average Bonchev–Trinajstić information content (AvgIpc) is 3.21. The Balaban J connectivity index is 1.71. The van der Waals surface area contributed by atoms with Gasteiger partial charge in [0.15, 0.2) is 11.5 Å². The molecule has 0 amide bonds. The molecule has 3 aromatic carbocycles. The monoisotopic (exact) mass is 492 g/mol. The van der Waals surface area contributed by atoms with Crippen molar-refractivity contribution in [2.24, 2.45) is 5.10 Å². The van der Waals surface area contributed by atoms with Gasteiger partial charge in [-0.15, -0.1) is 0 Å². The van der Waals surface area contributed by atoms with Crippen molar-refractivity contribution in [3.05, 3.63) is 97.6 Å². The first-order valence-corrected chi connectivity index (χ1v) is 10.6. The van der Waals surface area contributed by atoms with Crippen molar-refractivity contribution in [3.63, 3.8) is 0 Å². The van der Waals surface area contributed by atoms with Crippen LogP contribution in [0.1, 0.15) is 34.0 Å². The van der Waals surface area contributed by atoms with Crippen LogP contribution in [0, 0.1) is 20.2 Å². The van der Waals surface area contributed by atoms with Gasteiger partial charge < -0.3 is 14.2 Å². The Morgan fingerprint density at radius 1 is 1.03 bits per heavy atom. The molecule has 0 radical (unpaired) electrons. The summed E-state index contributed by atoms with van der Waals surface area (Å²) in [5.74, 6) is 0.0791. The van der Waals surface area contributed by atoms with Crippen LogP contribution in [0.15, 0.2) is 65.8 Å². The molecule has 12 nitrogen and oxygen atoms in total. The molecule has 1 atom stereocenters. The molecular formula is C24H20N4O8. The second-order valence-corrected chi connectivity index (χ2v) is 7.62. The van der Waals surface area contributed by atoms with Gasteiger partial charge in [0, 0.05) is 18.1 Å². The van der Waals surface area contributed by atoms with E-state index in [0.29, 0.717) is 22.6 Å². The first kappa shape index (κ1) is 24.1. The number of hydrazone groups is 1. The molecular weight excluding hydrogens is 472 g/mol. The van der Waals surface area contributed by atoms with Gasteiger partial charge in [0.1, 0.15) is 17.4 Å². The number of methoxy groups -OCH3 is 2. The van der Waals surface area contributed by atoms with Gasteiger partial charge in [-0.1, -0.05) is 36.4 Å². The van der Waals surface area contributed by atoms with Crippen molar-refractivity contribution < 1.29 is 28.9 Å². The van der Waals surface area contributed by atoms with Crippen LogP contribution in [0.25, 0.3) is 0 Å². The number of fused-ring (bicyclic) bond motifs is 1. The fraction of sp³-hybridized carbons (Fsp3) is 0.167. The van der Waals surface area contributed by atoms with Crippen molar-refractivity contribution in [2.75, 3.05) is 19.6 Å². The number of hydrogen-bond acceptors (Lipinski definition) is 10. The highest BCUT2D eigenvalue weighted by molar-refractivity contribution is 6.03. The molecule has 0 saturated carbocycles. The molecule has 0 unspecified atom stereocenters. The molecule has 1 aliphatic rings. The Bertz CT molecular complexity index is 1370. The average molecular weight is 492 g/mol. The van der Waals surface area contributed by atoms with Gasteiger partial charge in [0.25, 0.3) is 5.69 Å². The highest BCUT2D eigenvalue weighted by atomic mass is 16.6. The summed E-state index contributed by atoms with van der Waals surface area (Å²) in [6, 6.07) is 15.6. The Morgan fingerprint density at radius 2 is 1.78 bits per heavy atom. The number of carbonyl (C=O) groups excluding carboxylic acids is 1. The smallest absolute Gasteiger partial charge is 0.343 e. The predicted octanol–water partition coefficient (Wildman–Crippen LogP) is 4.64. The SMILES string of the molecule is COc1ccc2c(c1OC)C(=O)O[C@H]2C/C(=N/Nc1ccc([N+](=O)[O-])cc1[N+](=O)[O-])c1ccccc1. The zero-order chi connectivity index (χ0) is 25.8. The molecule has 0 spiro atoms. The van der Waals surface area contributed by atoms with Crippen LogP contribution in [-0.2, 0) is 4.74 Å². The topological polar surface area (TPSA) is 155 Å². The van der Waals surface area contributed by atoms with E-state index in [0.717, 1.165) is 12.1 Å². The molecule has 36 heavy (non-hydrogen) atoms. The minimum atomic E-state index is -0.734. The van der Waals surface area contributed by atoms with Crippen molar-refractivity contribution in [1.29, 1.82) is 0 Å². The number of ether oxygens (including phenoxy) is 3. The number of anilines is 1. The molecule has 184 valence electrons. The molecule has 1 aliphatic heterocycles. The number of nitro groups is 2. The first-order valence-electron chi connectivity index (χ1n) is 10.6. The lowest BCUT2D eigenvalue weighted by molar-refractivity contribution is -0.393. The highest BCUT2D eigenvalue weighted by Gasteiger charge is 2.36. The number of carbonyl (C=O) groups is 1. The molecule has 4 rings (SSSR count). The largest absolute Gasteiger partial charge is 0.493 e. The minimum Gasteiger partial charge on any atom is -0.493 e. The van der Waals surface area contributed by atoms with E-state index in [-0.39, 0.29) is 23.4 Å². The third kappa shape index (κ3) is 4.64. The van der Waals surface area contributed by atoms with Crippen LogP contribution >= 0.6 is 0 Å². The molecule has 0 fully saturated rings. The minimum absolute atomic E-state index is 0.0331. The van der Waals surface area contributed by atoms with Crippen molar-refractivity contribution in [3.8, 4) is 11.5 Å². The summed E-state index contributed by atoms with van der Waals surface area (Å²) in [6.07, 6.45) is -0.577. The normalized spacial score (nSPS) is 14.6. The van der Waals surface area contributed by atoms with Crippen molar-refractivity contribution >= 4 is 28.7 Å². The molecule has 0 aromatic heterocycles. The number of nitrogens with one attached hydrogen (secondary N) is 1. The van der Waals surface area contributed by atoms with Gasteiger partial charge in [0.2, 0.25) is 0 Å². The molecule has 0 aliphatic carbocycles. The van der Waals surface area contributed by atoms with Crippen molar-refractivity contribution in [2.45, 2.75) is 12.5 Å². The lowest BCUT2D eigenvalue weighted by Gasteiger charge is -2.14. The van der Waals surface area contributed by atoms with Gasteiger partial charge in [-0.2, -0.15) is 5.10 Å². The number of benzene rings is 3. The van der Waals surface area contributed by atoms with Gasteiger partial charge in [0.05, 0.1) is 35.8 Å². The molecule has 1 N–H and O–H groups in total. The van der Waals surface area contributed by atoms with Gasteiger partial charge in [-0.3, -0.25) is 25.7 Å². The molecule has 0 bridgehead atoms. The number of cyclic esters (lactones) is 1. The second kappa shape index (κ2) is 10.1. The van der Waals surface area contributed by atoms with Gasteiger partial charge in [-0.05, 0) is 17.7 Å². The molecule has 1 heterocycles. The summed E-state index contributed by atoms with van der Waals surface area (Å²) >= 11 is 0. The lowest BCUT2D eigenvalue weighted by atomic mass is 9.97.